The first-order valence-corrected chi connectivity index (χ1v) is 13.2. The fourth-order valence-electron chi connectivity index (χ4n) is 4.79. The van der Waals surface area contributed by atoms with Crippen molar-refractivity contribution in [2.75, 3.05) is 18.6 Å². The summed E-state index contributed by atoms with van der Waals surface area (Å²) in [6.07, 6.45) is 0. The predicted octanol–water partition coefficient (Wildman–Crippen LogP) is 6.54. The molecule has 1 aliphatic heterocycles. The number of carbonyl (C=O) groups excluding carboxylic acids is 2. The highest BCUT2D eigenvalue weighted by Crippen LogP contribution is 2.45. The van der Waals surface area contributed by atoms with Gasteiger partial charge in [-0.1, -0.05) is 53.3 Å². The number of ether oxygens (including phenoxy) is 2. The molecule has 0 bridgehead atoms. The molecule has 1 amide bonds. The summed E-state index contributed by atoms with van der Waals surface area (Å²) in [7, 11) is 1.52. The topological polar surface area (TPSA) is 102 Å². The van der Waals surface area contributed by atoms with E-state index >= 15 is 0 Å². The maximum atomic E-state index is 13.9. The average molecular weight is 541 g/mol. The van der Waals surface area contributed by atoms with Crippen molar-refractivity contribution < 1.29 is 28.6 Å². The van der Waals surface area contributed by atoms with Gasteiger partial charge >= 0.3 is 0 Å². The second kappa shape index (κ2) is 9.59. The Hall–Kier alpha value is -4.63. The number of ketones is 1. The van der Waals surface area contributed by atoms with Gasteiger partial charge in [0, 0.05) is 5.39 Å². The minimum Gasteiger partial charge on any atom is -0.503 e. The van der Waals surface area contributed by atoms with Crippen molar-refractivity contribution in [3.05, 3.63) is 94.9 Å². The van der Waals surface area contributed by atoms with E-state index in [0.29, 0.717) is 45.3 Å². The maximum absolute atomic E-state index is 13.9. The van der Waals surface area contributed by atoms with Crippen LogP contribution in [0, 0.1) is 6.92 Å². The number of aliphatic hydroxyl groups excluding tert-OH is 1. The Balaban J connectivity index is 1.48. The Labute approximate surface area is 227 Å². The minimum atomic E-state index is -0.910. The summed E-state index contributed by atoms with van der Waals surface area (Å²) in [6, 6.07) is 19.0. The minimum absolute atomic E-state index is 0.00605. The third-order valence-corrected chi connectivity index (χ3v) is 7.68. The van der Waals surface area contributed by atoms with Gasteiger partial charge in [0.15, 0.2) is 28.0 Å². The summed E-state index contributed by atoms with van der Waals surface area (Å²) in [6.45, 7) is 4.38. The van der Waals surface area contributed by atoms with Gasteiger partial charge in [-0.15, -0.1) is 0 Å². The molecule has 5 aromatic rings. The zero-order valence-electron chi connectivity index (χ0n) is 21.4. The van der Waals surface area contributed by atoms with Crippen LogP contribution in [0.25, 0.3) is 21.2 Å². The quantitative estimate of drug-likeness (QED) is 0.234. The summed E-state index contributed by atoms with van der Waals surface area (Å²) in [4.78, 5) is 33.6. The number of benzene rings is 3. The number of carbonyl (C=O) groups is 2. The second-order valence-corrected chi connectivity index (χ2v) is 10.1. The average Bonchev–Trinajstić information content (AvgIpc) is 3.63. The molecular weight excluding hydrogens is 516 g/mol. The molecular formula is C30H24N2O6S. The van der Waals surface area contributed by atoms with Crippen LogP contribution in [0.3, 0.4) is 0 Å². The zero-order valence-corrected chi connectivity index (χ0v) is 22.2. The maximum Gasteiger partial charge on any atom is 0.296 e. The van der Waals surface area contributed by atoms with E-state index in [2.05, 4.69) is 4.98 Å². The van der Waals surface area contributed by atoms with Crippen LogP contribution >= 0.6 is 11.3 Å². The lowest BCUT2D eigenvalue weighted by Crippen LogP contribution is -2.30. The monoisotopic (exact) mass is 540 g/mol. The van der Waals surface area contributed by atoms with Gasteiger partial charge in [0.25, 0.3) is 5.91 Å². The number of Topliss-reactive ketones (excluding diaryl/α,β-unsaturated/α-hetero) is 1. The highest BCUT2D eigenvalue weighted by molar-refractivity contribution is 7.22. The van der Waals surface area contributed by atoms with Crippen LogP contribution in [-0.4, -0.2) is 35.5 Å². The van der Waals surface area contributed by atoms with Crippen LogP contribution in [0.2, 0.25) is 0 Å². The van der Waals surface area contributed by atoms with Gasteiger partial charge in [-0.05, 0) is 49.7 Å². The number of hydrogen-bond acceptors (Lipinski definition) is 8. The first-order valence-electron chi connectivity index (χ1n) is 12.4. The lowest BCUT2D eigenvalue weighted by Gasteiger charge is -2.24. The van der Waals surface area contributed by atoms with Gasteiger partial charge < -0.3 is 19.0 Å². The van der Waals surface area contributed by atoms with Crippen molar-refractivity contribution in [2.24, 2.45) is 0 Å². The van der Waals surface area contributed by atoms with Gasteiger partial charge in [-0.2, -0.15) is 0 Å². The van der Waals surface area contributed by atoms with Gasteiger partial charge in [-0.25, -0.2) is 4.98 Å². The normalized spacial score (nSPS) is 15.5. The number of methoxy groups -OCH3 is 1. The molecule has 1 unspecified atom stereocenters. The first-order chi connectivity index (χ1) is 18.9. The lowest BCUT2D eigenvalue weighted by atomic mass is 9.94. The van der Waals surface area contributed by atoms with Gasteiger partial charge in [0.05, 0.1) is 35.5 Å². The number of aromatic nitrogens is 1. The van der Waals surface area contributed by atoms with Crippen molar-refractivity contribution >= 4 is 49.3 Å². The van der Waals surface area contributed by atoms with Crippen molar-refractivity contribution in [3.63, 3.8) is 0 Å². The van der Waals surface area contributed by atoms with Crippen LogP contribution in [0.1, 0.15) is 34.6 Å². The summed E-state index contributed by atoms with van der Waals surface area (Å²) in [5.74, 6) is -0.764. The molecule has 0 saturated heterocycles. The number of aliphatic hydroxyl groups is 1. The number of nitrogens with zero attached hydrogens (tertiary/aromatic N) is 2. The molecule has 0 spiro atoms. The molecule has 3 heterocycles. The number of hydrogen-bond donors (Lipinski definition) is 1. The molecule has 39 heavy (non-hydrogen) atoms. The molecule has 2 aromatic heterocycles. The molecule has 0 saturated carbocycles. The summed E-state index contributed by atoms with van der Waals surface area (Å²) < 4.78 is 17.7. The van der Waals surface area contributed by atoms with Gasteiger partial charge in [-0.3, -0.25) is 14.5 Å². The van der Waals surface area contributed by atoms with Crippen molar-refractivity contribution in [1.29, 1.82) is 0 Å². The highest BCUT2D eigenvalue weighted by atomic mass is 32.1. The molecule has 196 valence electrons. The summed E-state index contributed by atoms with van der Waals surface area (Å²) >= 11 is 1.29. The SMILES string of the molecule is CCOc1ccc2nc(N3C(=O)C(O)=C(C(=O)c4cc5cccc(OC)c5o4)C3c3ccc(C)cc3)sc2c1. The Morgan fingerprint density at radius 3 is 2.67 bits per heavy atom. The molecule has 1 atom stereocenters. The van der Waals surface area contributed by atoms with Crippen LogP contribution < -0.4 is 14.4 Å². The number of thiazole rings is 1. The number of amides is 1. The number of anilines is 1. The van der Waals surface area contributed by atoms with Crippen LogP contribution in [0.4, 0.5) is 5.13 Å². The molecule has 3 aromatic carbocycles. The molecule has 0 radical (unpaired) electrons. The van der Waals surface area contributed by atoms with Crippen LogP contribution in [-0.2, 0) is 4.79 Å². The smallest absolute Gasteiger partial charge is 0.296 e. The van der Waals surface area contributed by atoms with E-state index in [1.807, 2.05) is 56.3 Å². The van der Waals surface area contributed by atoms with E-state index in [4.69, 9.17) is 13.9 Å². The largest absolute Gasteiger partial charge is 0.503 e. The van der Waals surface area contributed by atoms with Crippen molar-refractivity contribution in [3.8, 4) is 11.5 Å². The lowest BCUT2D eigenvalue weighted by molar-refractivity contribution is -0.117. The zero-order chi connectivity index (χ0) is 27.3. The number of para-hydroxylation sites is 1. The fraction of sp³-hybridized carbons (Fsp3) is 0.167. The third-order valence-electron chi connectivity index (χ3n) is 6.66. The molecule has 0 aliphatic carbocycles. The fourth-order valence-corrected chi connectivity index (χ4v) is 5.81. The van der Waals surface area contributed by atoms with E-state index in [9.17, 15) is 14.7 Å². The molecule has 6 rings (SSSR count). The molecule has 8 nitrogen and oxygen atoms in total. The first kappa shape index (κ1) is 24.7. The third kappa shape index (κ3) is 4.11. The van der Waals surface area contributed by atoms with Crippen LogP contribution in [0.5, 0.6) is 11.5 Å². The van der Waals surface area contributed by atoms with E-state index < -0.39 is 23.5 Å². The van der Waals surface area contributed by atoms with E-state index in [1.165, 1.54) is 23.3 Å². The predicted molar refractivity (Wildman–Crippen MR) is 149 cm³/mol. The standard InChI is InChI=1S/C30H24N2O6S/c1-4-37-19-12-13-20-23(15-19)39-30(31-20)32-25(17-10-8-16(2)9-11-17)24(27(34)29(32)35)26(33)22-14-18-6-5-7-21(36-3)28(18)38-22/h5-15,25,34H,4H2,1-3H3. The Morgan fingerprint density at radius 2 is 1.92 bits per heavy atom. The van der Waals surface area contributed by atoms with E-state index in [1.54, 1.807) is 24.3 Å². The molecule has 0 fully saturated rings. The summed E-state index contributed by atoms with van der Waals surface area (Å²) in [5.41, 5.74) is 2.69. The second-order valence-electron chi connectivity index (χ2n) is 9.13. The number of rotatable bonds is 7. The Kier molecular flexibility index (Phi) is 6.07. The van der Waals surface area contributed by atoms with Gasteiger partial charge in [0.1, 0.15) is 5.75 Å². The Morgan fingerprint density at radius 1 is 1.13 bits per heavy atom. The molecule has 1 N–H and O–H groups in total. The van der Waals surface area contributed by atoms with Gasteiger partial charge in [0.2, 0.25) is 5.78 Å². The number of fused-ring (bicyclic) bond motifs is 2. The molecule has 1 aliphatic rings. The van der Waals surface area contributed by atoms with Crippen molar-refractivity contribution in [2.45, 2.75) is 19.9 Å². The van der Waals surface area contributed by atoms with Crippen molar-refractivity contribution in [1.82, 2.24) is 4.98 Å². The highest BCUT2D eigenvalue weighted by Gasteiger charge is 2.46. The summed E-state index contributed by atoms with van der Waals surface area (Å²) in [5, 5.41) is 12.2. The Bertz CT molecular complexity index is 1780. The van der Waals surface area contributed by atoms with E-state index in [0.717, 1.165) is 10.3 Å². The number of furan rings is 1. The number of aryl methyl sites for hydroxylation is 1. The molecule has 9 heteroatoms. The van der Waals surface area contributed by atoms with E-state index in [-0.39, 0.29) is 11.3 Å². The van der Waals surface area contributed by atoms with Crippen LogP contribution in [0.15, 0.2) is 82.5 Å².